The van der Waals surface area contributed by atoms with Crippen molar-refractivity contribution in [2.75, 3.05) is 32.1 Å². The number of benzene rings is 1. The normalized spacial score (nSPS) is 18.6. The molecule has 0 spiro atoms. The third kappa shape index (κ3) is 3.31. The molecule has 0 aromatic heterocycles. The topological polar surface area (TPSA) is 41.6 Å². The highest BCUT2D eigenvalue weighted by Crippen LogP contribution is 2.28. The van der Waals surface area contributed by atoms with Crippen molar-refractivity contribution in [2.24, 2.45) is 0 Å². The largest absolute Gasteiger partial charge is 0.464 e. The molecule has 1 heterocycles. The number of hydrogen-bond donors (Lipinski definition) is 1. The van der Waals surface area contributed by atoms with Gasteiger partial charge in [0.2, 0.25) is 0 Å². The highest BCUT2D eigenvalue weighted by atomic mass is 16.5. The van der Waals surface area contributed by atoms with Crippen LogP contribution in [0, 0.1) is 6.92 Å². The Hall–Kier alpha value is -1.55. The standard InChI is InChI=1S/C16H24N2O2/c1-4-20-15(19)16(9-11-18(3)12-10-16)17-14-7-5-13(2)6-8-14/h5-8,17H,4,9-12H2,1-3H3. The summed E-state index contributed by atoms with van der Waals surface area (Å²) in [5, 5.41) is 3.43. The molecule has 1 aromatic carbocycles. The van der Waals surface area contributed by atoms with E-state index in [4.69, 9.17) is 4.74 Å². The maximum atomic E-state index is 12.4. The van der Waals surface area contributed by atoms with Gasteiger partial charge in [-0.3, -0.25) is 0 Å². The molecular weight excluding hydrogens is 252 g/mol. The molecule has 0 atom stereocenters. The molecule has 20 heavy (non-hydrogen) atoms. The molecular formula is C16H24N2O2. The average Bonchev–Trinajstić information content (AvgIpc) is 2.44. The Morgan fingerprint density at radius 1 is 1.30 bits per heavy atom. The first-order valence-electron chi connectivity index (χ1n) is 7.26. The van der Waals surface area contributed by atoms with Gasteiger partial charge in [-0.2, -0.15) is 0 Å². The number of nitrogens with one attached hydrogen (secondary N) is 1. The van der Waals surface area contributed by atoms with Gasteiger partial charge in [0.05, 0.1) is 6.61 Å². The number of carbonyl (C=O) groups excluding carboxylic acids is 1. The van der Waals surface area contributed by atoms with E-state index in [0.29, 0.717) is 6.61 Å². The van der Waals surface area contributed by atoms with E-state index in [-0.39, 0.29) is 5.97 Å². The lowest BCUT2D eigenvalue weighted by Gasteiger charge is -2.39. The molecule has 4 heteroatoms. The molecule has 1 aliphatic heterocycles. The van der Waals surface area contributed by atoms with Gasteiger partial charge >= 0.3 is 5.97 Å². The molecule has 0 radical (unpaired) electrons. The molecule has 1 N–H and O–H groups in total. The molecule has 1 aliphatic rings. The minimum atomic E-state index is -0.586. The first kappa shape index (κ1) is 14.9. The van der Waals surface area contributed by atoms with Gasteiger partial charge in [-0.25, -0.2) is 4.79 Å². The molecule has 1 aromatic rings. The summed E-state index contributed by atoms with van der Waals surface area (Å²) < 4.78 is 5.30. The summed E-state index contributed by atoms with van der Waals surface area (Å²) in [6.07, 6.45) is 1.55. The highest BCUT2D eigenvalue weighted by Gasteiger charge is 2.42. The van der Waals surface area contributed by atoms with Crippen LogP contribution in [-0.2, 0) is 9.53 Å². The molecule has 0 bridgehead atoms. The van der Waals surface area contributed by atoms with E-state index in [1.165, 1.54) is 5.56 Å². The predicted molar refractivity (Wildman–Crippen MR) is 80.9 cm³/mol. The number of anilines is 1. The van der Waals surface area contributed by atoms with Gasteiger partial charge < -0.3 is 15.0 Å². The number of piperidine rings is 1. The van der Waals surface area contributed by atoms with Crippen LogP contribution in [0.5, 0.6) is 0 Å². The average molecular weight is 276 g/mol. The van der Waals surface area contributed by atoms with Gasteiger partial charge in [-0.05, 0) is 45.9 Å². The predicted octanol–water partition coefficient (Wildman–Crippen LogP) is 2.43. The maximum Gasteiger partial charge on any atom is 0.331 e. The SMILES string of the molecule is CCOC(=O)C1(Nc2ccc(C)cc2)CCN(C)CC1. The molecule has 0 amide bonds. The fourth-order valence-electron chi connectivity index (χ4n) is 2.56. The Balaban J connectivity index is 2.18. The summed E-state index contributed by atoms with van der Waals surface area (Å²) in [6, 6.07) is 8.15. The number of aryl methyl sites for hydroxylation is 1. The second-order valence-electron chi connectivity index (χ2n) is 5.60. The van der Waals surface area contributed by atoms with Crippen LogP contribution in [0.15, 0.2) is 24.3 Å². The van der Waals surface area contributed by atoms with Crippen LogP contribution in [0.1, 0.15) is 25.3 Å². The van der Waals surface area contributed by atoms with Gasteiger partial charge in [-0.1, -0.05) is 17.7 Å². The summed E-state index contributed by atoms with van der Waals surface area (Å²) >= 11 is 0. The minimum absolute atomic E-state index is 0.131. The van der Waals surface area contributed by atoms with Crippen LogP contribution < -0.4 is 5.32 Å². The minimum Gasteiger partial charge on any atom is -0.464 e. The van der Waals surface area contributed by atoms with Crippen molar-refractivity contribution in [3.63, 3.8) is 0 Å². The van der Waals surface area contributed by atoms with Crippen molar-refractivity contribution in [1.82, 2.24) is 4.90 Å². The lowest BCUT2D eigenvalue weighted by atomic mass is 9.87. The van der Waals surface area contributed by atoms with E-state index in [9.17, 15) is 4.79 Å². The number of nitrogens with zero attached hydrogens (tertiary/aromatic N) is 1. The monoisotopic (exact) mass is 276 g/mol. The second-order valence-corrected chi connectivity index (χ2v) is 5.60. The number of rotatable bonds is 4. The highest BCUT2D eigenvalue weighted by molar-refractivity contribution is 5.84. The number of likely N-dealkylation sites (tertiary alicyclic amines) is 1. The van der Waals surface area contributed by atoms with Crippen LogP contribution in [0.2, 0.25) is 0 Å². The van der Waals surface area contributed by atoms with Crippen LogP contribution in [-0.4, -0.2) is 43.2 Å². The van der Waals surface area contributed by atoms with Crippen molar-refractivity contribution in [2.45, 2.75) is 32.2 Å². The first-order chi connectivity index (χ1) is 9.55. The third-order valence-corrected chi connectivity index (χ3v) is 3.94. The molecule has 2 rings (SSSR count). The zero-order chi connectivity index (χ0) is 14.6. The van der Waals surface area contributed by atoms with Gasteiger partial charge in [0.1, 0.15) is 5.54 Å². The smallest absolute Gasteiger partial charge is 0.331 e. The molecule has 0 saturated carbocycles. The van der Waals surface area contributed by atoms with E-state index in [0.717, 1.165) is 31.6 Å². The number of ether oxygens (including phenoxy) is 1. The van der Waals surface area contributed by atoms with Crippen molar-refractivity contribution in [3.8, 4) is 0 Å². The second kappa shape index (κ2) is 6.27. The molecule has 1 fully saturated rings. The Labute approximate surface area is 121 Å². The van der Waals surface area contributed by atoms with E-state index in [1.54, 1.807) is 0 Å². The van der Waals surface area contributed by atoms with Gasteiger partial charge in [0.15, 0.2) is 0 Å². The number of carbonyl (C=O) groups is 1. The Bertz CT molecular complexity index is 448. The lowest BCUT2D eigenvalue weighted by molar-refractivity contribution is -0.150. The summed E-state index contributed by atoms with van der Waals surface area (Å²) in [5.41, 5.74) is 1.61. The van der Waals surface area contributed by atoms with Crippen molar-refractivity contribution in [1.29, 1.82) is 0 Å². The van der Waals surface area contributed by atoms with Crippen LogP contribution >= 0.6 is 0 Å². The van der Waals surface area contributed by atoms with E-state index < -0.39 is 5.54 Å². The van der Waals surface area contributed by atoms with E-state index in [2.05, 4.69) is 36.3 Å². The maximum absolute atomic E-state index is 12.4. The fraction of sp³-hybridized carbons (Fsp3) is 0.562. The van der Waals surface area contributed by atoms with Gasteiger partial charge in [0.25, 0.3) is 0 Å². The quantitative estimate of drug-likeness (QED) is 0.858. The Kier molecular flexibility index (Phi) is 4.65. The zero-order valence-electron chi connectivity index (χ0n) is 12.6. The van der Waals surface area contributed by atoms with E-state index >= 15 is 0 Å². The number of hydrogen-bond acceptors (Lipinski definition) is 4. The first-order valence-corrected chi connectivity index (χ1v) is 7.26. The fourth-order valence-corrected chi connectivity index (χ4v) is 2.56. The zero-order valence-corrected chi connectivity index (χ0v) is 12.6. The summed E-state index contributed by atoms with van der Waals surface area (Å²) in [6.45, 7) is 6.13. The van der Waals surface area contributed by atoms with Crippen molar-refractivity contribution >= 4 is 11.7 Å². The third-order valence-electron chi connectivity index (χ3n) is 3.94. The van der Waals surface area contributed by atoms with Crippen molar-refractivity contribution < 1.29 is 9.53 Å². The van der Waals surface area contributed by atoms with Crippen LogP contribution in [0.4, 0.5) is 5.69 Å². The van der Waals surface area contributed by atoms with Gasteiger partial charge in [-0.15, -0.1) is 0 Å². The Morgan fingerprint density at radius 3 is 2.45 bits per heavy atom. The molecule has 4 nitrogen and oxygen atoms in total. The summed E-state index contributed by atoms with van der Waals surface area (Å²) in [5.74, 6) is -0.131. The van der Waals surface area contributed by atoms with Crippen molar-refractivity contribution in [3.05, 3.63) is 29.8 Å². The van der Waals surface area contributed by atoms with E-state index in [1.807, 2.05) is 19.1 Å². The lowest BCUT2D eigenvalue weighted by Crippen LogP contribution is -2.54. The summed E-state index contributed by atoms with van der Waals surface area (Å²) in [7, 11) is 2.08. The molecule has 1 saturated heterocycles. The van der Waals surface area contributed by atoms with Crippen LogP contribution in [0.25, 0.3) is 0 Å². The molecule has 0 aliphatic carbocycles. The number of esters is 1. The molecule has 0 unspecified atom stereocenters. The Morgan fingerprint density at radius 2 is 1.90 bits per heavy atom. The molecule has 110 valence electrons. The van der Waals surface area contributed by atoms with Gasteiger partial charge in [0, 0.05) is 18.8 Å². The van der Waals surface area contributed by atoms with Crippen LogP contribution in [0.3, 0.4) is 0 Å². The summed E-state index contributed by atoms with van der Waals surface area (Å²) in [4.78, 5) is 14.6.